The van der Waals surface area contributed by atoms with Crippen molar-refractivity contribution in [3.05, 3.63) is 24.5 Å². The minimum Gasteiger partial charge on any atom is -0.456 e. The van der Waals surface area contributed by atoms with Gasteiger partial charge in [0.05, 0.1) is 21.4 Å². The number of benzene rings is 6. The average Bonchev–Trinajstić information content (AvgIpc) is 3.97. The van der Waals surface area contributed by atoms with E-state index < -0.39 is 0 Å². The summed E-state index contributed by atoms with van der Waals surface area (Å²) < 4.78 is 9.41. The first-order valence-electron chi connectivity index (χ1n) is 18.9. The van der Waals surface area contributed by atoms with Gasteiger partial charge >= 0.3 is 0 Å². The van der Waals surface area contributed by atoms with Crippen LogP contribution in [0.4, 0.5) is 0 Å². The Morgan fingerprint density at radius 1 is 0.422 bits per heavy atom. The van der Waals surface area contributed by atoms with Crippen molar-refractivity contribution in [2.45, 2.75) is 0 Å². The lowest BCUT2D eigenvalue weighted by Crippen LogP contribution is -2.55. The molecule has 0 bridgehead atoms. The van der Waals surface area contributed by atoms with Crippen molar-refractivity contribution in [2.24, 2.45) is 0 Å². The number of fused-ring (bicyclic) bond motifs is 10. The summed E-state index contributed by atoms with van der Waals surface area (Å²) in [6.07, 6.45) is 1.36. The first-order valence-corrected chi connectivity index (χ1v) is 19.7. The van der Waals surface area contributed by atoms with E-state index >= 15 is 0 Å². The van der Waals surface area contributed by atoms with E-state index in [-0.39, 0.29) is 159 Å². The molecule has 0 unspecified atom stereocenters. The summed E-state index contributed by atoms with van der Waals surface area (Å²) in [5.41, 5.74) is 3.14. The summed E-state index contributed by atoms with van der Waals surface area (Å²) in [6, 6.07) is 5.55. The molecule has 0 spiro atoms. The fourth-order valence-electron chi connectivity index (χ4n) is 8.84. The largest absolute Gasteiger partial charge is 0.456 e. The minimum absolute atomic E-state index is 0.00458. The first kappa shape index (κ1) is 43.4. The summed E-state index contributed by atoms with van der Waals surface area (Å²) in [4.78, 5) is 9.36. The molecule has 0 saturated heterocycles. The smallest absolute Gasteiger partial charge is 0.144 e. The first-order chi connectivity index (χ1) is 30.2. The van der Waals surface area contributed by atoms with Crippen LogP contribution in [0.25, 0.3) is 92.1 Å². The van der Waals surface area contributed by atoms with Gasteiger partial charge in [0, 0.05) is 42.8 Å². The Morgan fingerprint density at radius 3 is 1.56 bits per heavy atom. The Bertz CT molecular complexity index is 3830. The maximum Gasteiger partial charge on any atom is 0.144 e. The van der Waals surface area contributed by atoms with Crippen LogP contribution in [0.2, 0.25) is 0 Å². The lowest BCUT2D eigenvalue weighted by molar-refractivity contribution is 0.676. The molecule has 4 nitrogen and oxygen atoms in total. The van der Waals surface area contributed by atoms with Crippen LogP contribution in [0.1, 0.15) is 0 Å². The summed E-state index contributed by atoms with van der Waals surface area (Å²) in [5, 5.41) is 1.71. The normalized spacial score (nSPS) is 12.0. The highest BCUT2D eigenvalue weighted by molar-refractivity contribution is 7.26. The van der Waals surface area contributed by atoms with Crippen molar-refractivity contribution in [1.82, 2.24) is 14.5 Å². The molecule has 0 fully saturated rings. The highest BCUT2D eigenvalue weighted by atomic mass is 32.1. The summed E-state index contributed by atoms with van der Waals surface area (Å²) in [6.45, 7) is 0. The number of nitrogens with zero attached hydrogens (tertiary/aromatic N) is 3. The van der Waals surface area contributed by atoms with Crippen LogP contribution in [0.3, 0.4) is 0 Å². The van der Waals surface area contributed by atoms with Crippen LogP contribution in [-0.2, 0) is 0 Å². The summed E-state index contributed by atoms with van der Waals surface area (Å²) >= 11 is 1.36. The molecule has 38 radical (unpaired) electrons. The molecule has 6 aromatic carbocycles. The molecule has 0 saturated carbocycles. The second kappa shape index (κ2) is 14.7. The van der Waals surface area contributed by atoms with E-state index in [0.717, 1.165) is 4.70 Å². The lowest BCUT2D eigenvalue weighted by Gasteiger charge is -2.26. The molecule has 0 aliphatic heterocycles. The molecule has 24 heteroatoms. The molecule has 10 aromatic rings. The zero-order chi connectivity index (χ0) is 46.0. The highest BCUT2D eigenvalue weighted by Crippen LogP contribution is 2.40. The fourth-order valence-corrected chi connectivity index (χ4v) is 9.98. The molecule has 10 rings (SSSR count). The third-order valence-corrected chi connectivity index (χ3v) is 13.4. The molecule has 0 aliphatic rings. The monoisotopic (exact) mass is 783 g/mol. The van der Waals surface area contributed by atoms with E-state index in [1.54, 1.807) is 0 Å². The summed E-state index contributed by atoms with van der Waals surface area (Å²) in [7, 11) is 125. The number of aromatic nitrogens is 3. The van der Waals surface area contributed by atoms with Crippen molar-refractivity contribution < 1.29 is 4.42 Å². The Kier molecular flexibility index (Phi) is 9.98. The van der Waals surface area contributed by atoms with Crippen LogP contribution in [0, 0.1) is 0 Å². The third kappa shape index (κ3) is 5.50. The van der Waals surface area contributed by atoms with Crippen molar-refractivity contribution in [3.63, 3.8) is 0 Å². The molecule has 0 N–H and O–H groups in total. The van der Waals surface area contributed by atoms with Gasteiger partial charge < -0.3 is 8.98 Å². The van der Waals surface area contributed by atoms with Crippen molar-refractivity contribution in [3.8, 4) is 28.1 Å². The number of hydrogen-bond acceptors (Lipinski definition) is 4. The molecular formula is C40H4B19N3OS. The SMILES string of the molecule is [B]c1c([B])c([B])c(-c2ccc3sc4c(-c5c([B])c([B])c([B])c(-n6c7c([B])c([B])c([B])c([B])c7c7c8oc9c([B])c([B])c([B])c([B])c9c8c([B])c([B])c76)c5[B])ncnc4c3c2)c([B])c1[B]. The van der Waals surface area contributed by atoms with Gasteiger partial charge in [0.25, 0.3) is 0 Å². The van der Waals surface area contributed by atoms with Crippen molar-refractivity contribution in [2.75, 3.05) is 0 Å². The maximum atomic E-state index is 7.27. The maximum absolute atomic E-state index is 7.27. The van der Waals surface area contributed by atoms with Gasteiger partial charge in [0.15, 0.2) is 0 Å². The molecule has 64 heavy (non-hydrogen) atoms. The van der Waals surface area contributed by atoms with Gasteiger partial charge in [0.1, 0.15) is 167 Å². The van der Waals surface area contributed by atoms with Crippen LogP contribution in [0.15, 0.2) is 28.9 Å². The molecule has 0 atom stereocenters. The van der Waals surface area contributed by atoms with Crippen LogP contribution >= 0.6 is 11.3 Å². The molecule has 0 amide bonds. The van der Waals surface area contributed by atoms with E-state index in [1.807, 2.05) is 18.2 Å². The predicted octanol–water partition coefficient (Wildman–Crippen LogP) is -11.7. The number of rotatable bonds is 3. The zero-order valence-corrected chi connectivity index (χ0v) is 34.3. The topological polar surface area (TPSA) is 43.9 Å². The van der Waals surface area contributed by atoms with Crippen LogP contribution in [-0.4, -0.2) is 164 Å². The number of hydrogen-bond donors (Lipinski definition) is 0. The van der Waals surface area contributed by atoms with Gasteiger partial charge in [-0.15, -0.1) is 55.0 Å². The predicted molar refractivity (Wildman–Crippen MR) is 290 cm³/mol. The Hall–Kier alpha value is -4.55. The fraction of sp³-hybridized carbons (Fsp3) is 0. The molecule has 4 heterocycles. The van der Waals surface area contributed by atoms with Gasteiger partial charge in [-0.25, -0.2) is 9.97 Å². The Balaban J connectivity index is 1.33. The van der Waals surface area contributed by atoms with E-state index in [2.05, 4.69) is 4.98 Å². The van der Waals surface area contributed by atoms with E-state index in [4.69, 9.17) is 158 Å². The number of thiophene rings is 1. The highest BCUT2D eigenvalue weighted by Gasteiger charge is 2.30. The van der Waals surface area contributed by atoms with Gasteiger partial charge in [-0.3, -0.25) is 0 Å². The van der Waals surface area contributed by atoms with Gasteiger partial charge in [-0.2, -0.15) is 0 Å². The van der Waals surface area contributed by atoms with Gasteiger partial charge in [-0.05, 0) is 28.8 Å². The van der Waals surface area contributed by atoms with Gasteiger partial charge in [0.2, 0.25) is 0 Å². The molecule has 248 valence electrons. The Morgan fingerprint density at radius 2 is 0.906 bits per heavy atom. The van der Waals surface area contributed by atoms with Crippen LogP contribution < -0.4 is 104 Å². The van der Waals surface area contributed by atoms with Crippen molar-refractivity contribution in [1.29, 1.82) is 0 Å². The lowest BCUT2D eigenvalue weighted by atomic mass is 9.59. The van der Waals surface area contributed by atoms with E-state index in [1.165, 1.54) is 22.2 Å². The second-order valence-corrected chi connectivity index (χ2v) is 16.5. The average molecular weight is 780 g/mol. The number of furan rings is 1. The van der Waals surface area contributed by atoms with E-state index in [0.29, 0.717) is 32.4 Å². The minimum atomic E-state index is -0.0777. The quantitative estimate of drug-likeness (QED) is 0.168. The van der Waals surface area contributed by atoms with Gasteiger partial charge in [-0.1, -0.05) is 66.2 Å². The zero-order valence-electron chi connectivity index (χ0n) is 33.4. The molecular weight excluding hydrogens is 776 g/mol. The second-order valence-electron chi connectivity index (χ2n) is 15.5. The molecule has 0 aliphatic carbocycles. The summed E-state index contributed by atoms with van der Waals surface area (Å²) in [5.74, 6) is 0. The third-order valence-electron chi connectivity index (χ3n) is 12.2. The Labute approximate surface area is 397 Å². The van der Waals surface area contributed by atoms with E-state index in [9.17, 15) is 0 Å². The van der Waals surface area contributed by atoms with Crippen LogP contribution in [0.5, 0.6) is 0 Å². The van der Waals surface area contributed by atoms with Crippen molar-refractivity contribution >= 4 is 328 Å². The standard InChI is InChI=1S/C40H4B19N3OS/c41-14-8(15(42)22(49)26(53)21(14)48)5-1-2-7-6(3-5)33-40(64-7)34(61-4-60-33)13-19(46)25(52)31(58)37(20(13)47)62-35-9(16(43)23(50)27(54)30(35)57)12-36(62)29(56)18(45)10-11-17(44)24(51)28(55)32(59)39(11)63-38(10)12/h1-4H. The molecule has 4 aromatic heterocycles.